The van der Waals surface area contributed by atoms with Crippen molar-refractivity contribution in [2.45, 2.75) is 26.8 Å². The third-order valence-corrected chi connectivity index (χ3v) is 3.60. The molecule has 7 heteroatoms. The number of rotatable bonds is 6. The molecular formula is C18H19FN2O4. The van der Waals surface area contributed by atoms with Crippen molar-refractivity contribution in [1.29, 1.82) is 0 Å². The first-order chi connectivity index (χ1) is 11.8. The quantitative estimate of drug-likeness (QED) is 0.787. The molecule has 1 heterocycles. The molecule has 1 aromatic heterocycles. The van der Waals surface area contributed by atoms with Gasteiger partial charge in [0, 0.05) is 5.56 Å². The molecule has 6 nitrogen and oxygen atoms in total. The van der Waals surface area contributed by atoms with Gasteiger partial charge in [-0.2, -0.15) is 0 Å². The van der Waals surface area contributed by atoms with E-state index >= 15 is 0 Å². The van der Waals surface area contributed by atoms with Crippen molar-refractivity contribution in [3.63, 3.8) is 0 Å². The Labute approximate surface area is 144 Å². The predicted molar refractivity (Wildman–Crippen MR) is 89.8 cm³/mol. The van der Waals surface area contributed by atoms with Crippen molar-refractivity contribution in [2.75, 3.05) is 5.32 Å². The van der Waals surface area contributed by atoms with Gasteiger partial charge in [0.05, 0.1) is 12.0 Å². The van der Waals surface area contributed by atoms with Crippen molar-refractivity contribution < 1.29 is 23.2 Å². The number of hydrogen-bond donors (Lipinski definition) is 2. The minimum Gasteiger partial charge on any atom is -0.459 e. The number of furan rings is 1. The lowest BCUT2D eigenvalue weighted by atomic mass is 10.0. The SMILES string of the molecule is CC(=O)c1ccc(F)cc1NC(=O)[C@@H](NC(=O)c1ccco1)C(C)C. The van der Waals surface area contributed by atoms with E-state index in [0.29, 0.717) is 0 Å². The Bertz CT molecular complexity index is 784. The van der Waals surface area contributed by atoms with Crippen LogP contribution in [-0.4, -0.2) is 23.6 Å². The van der Waals surface area contributed by atoms with Crippen molar-refractivity contribution in [2.24, 2.45) is 5.92 Å². The molecule has 0 aliphatic carbocycles. The van der Waals surface area contributed by atoms with E-state index in [1.54, 1.807) is 19.9 Å². The third-order valence-electron chi connectivity index (χ3n) is 3.60. The van der Waals surface area contributed by atoms with E-state index in [0.717, 1.165) is 12.1 Å². The lowest BCUT2D eigenvalue weighted by Crippen LogP contribution is -2.47. The summed E-state index contributed by atoms with van der Waals surface area (Å²) in [4.78, 5) is 36.3. The highest BCUT2D eigenvalue weighted by molar-refractivity contribution is 6.06. The lowest BCUT2D eigenvalue weighted by Gasteiger charge is -2.22. The van der Waals surface area contributed by atoms with Gasteiger partial charge in [-0.05, 0) is 43.2 Å². The Hall–Kier alpha value is -2.96. The summed E-state index contributed by atoms with van der Waals surface area (Å²) < 4.78 is 18.5. The Morgan fingerprint density at radius 3 is 2.44 bits per heavy atom. The molecule has 0 fully saturated rings. The maximum absolute atomic E-state index is 13.5. The third kappa shape index (κ3) is 4.53. The molecule has 2 N–H and O–H groups in total. The van der Waals surface area contributed by atoms with E-state index in [1.165, 1.54) is 25.3 Å². The number of benzene rings is 1. The second kappa shape index (κ2) is 7.74. The smallest absolute Gasteiger partial charge is 0.287 e. The van der Waals surface area contributed by atoms with Crippen molar-refractivity contribution in [3.05, 3.63) is 53.7 Å². The Balaban J connectivity index is 2.20. The number of nitrogens with one attached hydrogen (secondary N) is 2. The van der Waals surface area contributed by atoms with E-state index in [9.17, 15) is 18.8 Å². The van der Waals surface area contributed by atoms with Gasteiger partial charge in [0.25, 0.3) is 5.91 Å². The molecule has 0 aliphatic heterocycles. The molecule has 0 bridgehead atoms. The zero-order chi connectivity index (χ0) is 18.6. The molecule has 2 rings (SSSR count). The molecule has 132 valence electrons. The number of anilines is 1. The largest absolute Gasteiger partial charge is 0.459 e. The van der Waals surface area contributed by atoms with Gasteiger partial charge in [-0.3, -0.25) is 14.4 Å². The van der Waals surface area contributed by atoms with Crippen molar-refractivity contribution in [1.82, 2.24) is 5.32 Å². The maximum atomic E-state index is 13.5. The van der Waals surface area contributed by atoms with Gasteiger partial charge >= 0.3 is 0 Å². The van der Waals surface area contributed by atoms with E-state index in [4.69, 9.17) is 4.42 Å². The molecule has 0 spiro atoms. The van der Waals surface area contributed by atoms with Gasteiger partial charge in [-0.1, -0.05) is 13.8 Å². The first-order valence-electron chi connectivity index (χ1n) is 7.75. The molecule has 0 saturated carbocycles. The summed E-state index contributed by atoms with van der Waals surface area (Å²) in [6.45, 7) is 4.83. The highest BCUT2D eigenvalue weighted by atomic mass is 19.1. The average molecular weight is 346 g/mol. The minimum absolute atomic E-state index is 0.0652. The molecule has 1 aromatic carbocycles. The summed E-state index contributed by atoms with van der Waals surface area (Å²) in [7, 11) is 0. The second-order valence-electron chi connectivity index (χ2n) is 5.91. The molecule has 2 amide bonds. The average Bonchev–Trinajstić information content (AvgIpc) is 3.06. The van der Waals surface area contributed by atoms with Crippen LogP contribution in [0.4, 0.5) is 10.1 Å². The molecular weight excluding hydrogens is 327 g/mol. The predicted octanol–water partition coefficient (Wildman–Crippen LogP) is 3.01. The van der Waals surface area contributed by atoms with Crippen LogP contribution in [0.2, 0.25) is 0 Å². The summed E-state index contributed by atoms with van der Waals surface area (Å²) in [5, 5.41) is 5.10. The van der Waals surface area contributed by atoms with E-state index < -0.39 is 23.7 Å². The normalized spacial score (nSPS) is 11.9. The van der Waals surface area contributed by atoms with Crippen LogP contribution in [0.3, 0.4) is 0 Å². The van der Waals surface area contributed by atoms with Gasteiger partial charge in [0.15, 0.2) is 11.5 Å². The maximum Gasteiger partial charge on any atom is 0.287 e. The number of amides is 2. The Kier molecular flexibility index (Phi) is 5.69. The van der Waals surface area contributed by atoms with Gasteiger partial charge in [0.2, 0.25) is 5.91 Å². The van der Waals surface area contributed by atoms with Gasteiger partial charge < -0.3 is 15.1 Å². The van der Waals surface area contributed by atoms with Crippen molar-refractivity contribution >= 4 is 23.3 Å². The number of ketones is 1. The molecule has 0 radical (unpaired) electrons. The first kappa shape index (κ1) is 18.4. The van der Waals surface area contributed by atoms with Crippen LogP contribution < -0.4 is 10.6 Å². The molecule has 0 unspecified atom stereocenters. The summed E-state index contributed by atoms with van der Waals surface area (Å²) in [6.07, 6.45) is 1.35. The number of halogens is 1. The monoisotopic (exact) mass is 346 g/mol. The van der Waals surface area contributed by atoms with Crippen LogP contribution in [0.5, 0.6) is 0 Å². The van der Waals surface area contributed by atoms with Crippen LogP contribution in [0.1, 0.15) is 41.7 Å². The van der Waals surface area contributed by atoms with E-state index in [1.807, 2.05) is 0 Å². The molecule has 0 saturated heterocycles. The first-order valence-corrected chi connectivity index (χ1v) is 7.75. The molecule has 2 aromatic rings. The fourth-order valence-electron chi connectivity index (χ4n) is 2.29. The molecule has 0 aliphatic rings. The van der Waals surface area contributed by atoms with Gasteiger partial charge in [-0.25, -0.2) is 4.39 Å². The number of carbonyl (C=O) groups is 3. The zero-order valence-electron chi connectivity index (χ0n) is 14.1. The number of hydrogen-bond acceptors (Lipinski definition) is 4. The zero-order valence-corrected chi connectivity index (χ0v) is 14.1. The highest BCUT2D eigenvalue weighted by Crippen LogP contribution is 2.19. The van der Waals surface area contributed by atoms with Gasteiger partial charge in [-0.15, -0.1) is 0 Å². The molecule has 25 heavy (non-hydrogen) atoms. The highest BCUT2D eigenvalue weighted by Gasteiger charge is 2.26. The second-order valence-corrected chi connectivity index (χ2v) is 5.91. The van der Waals surface area contributed by atoms with Gasteiger partial charge in [0.1, 0.15) is 11.9 Å². The number of Topliss-reactive ketones (excluding diaryl/α,β-unsaturated/α-hetero) is 1. The standard InChI is InChI=1S/C18H19FN2O4/c1-10(2)16(21-17(23)15-5-4-8-25-15)18(24)20-14-9-12(19)6-7-13(14)11(3)22/h4-10,16H,1-3H3,(H,20,24)(H,21,23)/t16-/m0/s1. The van der Waals surface area contributed by atoms with Crippen LogP contribution in [-0.2, 0) is 4.79 Å². The fraction of sp³-hybridized carbons (Fsp3) is 0.278. The van der Waals surface area contributed by atoms with Crippen LogP contribution in [0, 0.1) is 11.7 Å². The fourth-order valence-corrected chi connectivity index (χ4v) is 2.29. The Morgan fingerprint density at radius 1 is 1.16 bits per heavy atom. The van der Waals surface area contributed by atoms with E-state index in [-0.39, 0.29) is 28.7 Å². The minimum atomic E-state index is -0.888. The number of carbonyl (C=O) groups excluding carboxylic acids is 3. The summed E-state index contributed by atoms with van der Waals surface area (Å²) >= 11 is 0. The molecule has 1 atom stereocenters. The summed E-state index contributed by atoms with van der Waals surface area (Å²) in [6, 6.07) is 5.67. The van der Waals surface area contributed by atoms with E-state index in [2.05, 4.69) is 10.6 Å². The Morgan fingerprint density at radius 2 is 1.88 bits per heavy atom. The van der Waals surface area contributed by atoms with Crippen LogP contribution in [0.15, 0.2) is 41.0 Å². The van der Waals surface area contributed by atoms with Crippen molar-refractivity contribution in [3.8, 4) is 0 Å². The topological polar surface area (TPSA) is 88.4 Å². The van der Waals surface area contributed by atoms with Crippen LogP contribution >= 0.6 is 0 Å². The summed E-state index contributed by atoms with van der Waals surface area (Å²) in [5.41, 5.74) is 0.255. The summed E-state index contributed by atoms with van der Waals surface area (Å²) in [5.74, 6) is -2.15. The lowest BCUT2D eigenvalue weighted by molar-refractivity contribution is -0.118. The van der Waals surface area contributed by atoms with Crippen LogP contribution in [0.25, 0.3) is 0 Å².